The maximum atomic E-state index is 12.9. The first-order valence-corrected chi connectivity index (χ1v) is 15.7. The van der Waals surface area contributed by atoms with E-state index in [0.717, 1.165) is 64.2 Å². The van der Waals surface area contributed by atoms with E-state index in [1.54, 1.807) is 0 Å². The summed E-state index contributed by atoms with van der Waals surface area (Å²) in [6, 6.07) is 0. The highest BCUT2D eigenvalue weighted by Gasteiger charge is 2.53. The van der Waals surface area contributed by atoms with Crippen molar-refractivity contribution >= 4 is 11.8 Å². The van der Waals surface area contributed by atoms with Gasteiger partial charge in [0.1, 0.15) is 11.9 Å². The molecule has 5 nitrogen and oxygen atoms in total. The van der Waals surface area contributed by atoms with E-state index < -0.39 is 0 Å². The molecule has 3 fully saturated rings. The van der Waals surface area contributed by atoms with Crippen molar-refractivity contribution in [3.05, 3.63) is 0 Å². The molecule has 2 saturated heterocycles. The van der Waals surface area contributed by atoms with Crippen LogP contribution >= 0.6 is 0 Å². The first kappa shape index (κ1) is 31.6. The lowest BCUT2D eigenvalue weighted by Crippen LogP contribution is -2.60. The summed E-state index contributed by atoms with van der Waals surface area (Å²) >= 11 is 0. The molecule has 2 heterocycles. The fourth-order valence-corrected chi connectivity index (χ4v) is 7.93. The normalized spacial score (nSPS) is 29.2. The molecule has 5 heteroatoms. The summed E-state index contributed by atoms with van der Waals surface area (Å²) in [5.41, 5.74) is 0.491. The second-order valence-electron chi connectivity index (χ2n) is 15.6. The van der Waals surface area contributed by atoms with E-state index >= 15 is 0 Å². The number of ketones is 1. The number of hydrogen-bond donors (Lipinski definition) is 0. The van der Waals surface area contributed by atoms with Crippen LogP contribution in [0.3, 0.4) is 0 Å². The highest BCUT2D eigenvalue weighted by Crippen LogP contribution is 2.54. The second-order valence-corrected chi connectivity index (χ2v) is 15.6. The maximum Gasteiger partial charge on any atom is 0.306 e. The van der Waals surface area contributed by atoms with Crippen molar-refractivity contribution in [2.45, 2.75) is 167 Å². The van der Waals surface area contributed by atoms with Gasteiger partial charge in [-0.15, -0.1) is 0 Å². The standard InChI is InChI=1S/C33H60N2O3/c1-30(2)20-24(21-31(3,4)34(30)9)26-19-27(26)28(36)17-15-13-11-12-14-16-18-29(37)38-25-22-32(5,6)35(10)33(7,8)23-25/h24-27H,11-23H2,1-10H3. The lowest BCUT2D eigenvalue weighted by atomic mass is 9.72. The number of Topliss-reactive ketones (excluding diaryl/α,β-unsaturated/α-hetero) is 1. The summed E-state index contributed by atoms with van der Waals surface area (Å²) < 4.78 is 5.89. The highest BCUT2D eigenvalue weighted by molar-refractivity contribution is 5.83. The zero-order valence-electron chi connectivity index (χ0n) is 26.6. The number of hydrogen-bond acceptors (Lipinski definition) is 5. The van der Waals surface area contributed by atoms with Crippen molar-refractivity contribution in [1.29, 1.82) is 0 Å². The highest BCUT2D eigenvalue weighted by atomic mass is 16.5. The van der Waals surface area contributed by atoms with Crippen LogP contribution in [0.4, 0.5) is 0 Å². The molecule has 0 bridgehead atoms. The van der Waals surface area contributed by atoms with Gasteiger partial charge < -0.3 is 4.74 Å². The lowest BCUT2D eigenvalue weighted by Gasteiger charge is -2.54. The molecule has 2 atom stereocenters. The van der Waals surface area contributed by atoms with Crippen LogP contribution in [-0.4, -0.2) is 63.9 Å². The molecular weight excluding hydrogens is 472 g/mol. The molecule has 0 aromatic carbocycles. The van der Waals surface area contributed by atoms with Crippen molar-refractivity contribution in [3.8, 4) is 0 Å². The minimum Gasteiger partial charge on any atom is -0.462 e. The van der Waals surface area contributed by atoms with Gasteiger partial charge in [0.15, 0.2) is 0 Å². The summed E-state index contributed by atoms with van der Waals surface area (Å²) in [7, 11) is 4.43. The third-order valence-electron chi connectivity index (χ3n) is 10.8. The van der Waals surface area contributed by atoms with Gasteiger partial charge in [-0.2, -0.15) is 0 Å². The molecule has 2 unspecified atom stereocenters. The molecule has 0 aromatic heterocycles. The Kier molecular flexibility index (Phi) is 9.88. The molecule has 1 saturated carbocycles. The molecular formula is C33H60N2O3. The van der Waals surface area contributed by atoms with Crippen LogP contribution in [0.15, 0.2) is 0 Å². The fraction of sp³-hybridized carbons (Fsp3) is 0.939. The molecule has 2 aliphatic heterocycles. The first-order chi connectivity index (χ1) is 17.5. The molecule has 0 amide bonds. The van der Waals surface area contributed by atoms with Crippen LogP contribution < -0.4 is 0 Å². The van der Waals surface area contributed by atoms with Gasteiger partial charge in [0.25, 0.3) is 0 Å². The molecule has 0 N–H and O–H groups in total. The monoisotopic (exact) mass is 532 g/mol. The maximum absolute atomic E-state index is 12.9. The van der Waals surface area contributed by atoms with E-state index in [-0.39, 0.29) is 34.2 Å². The molecule has 0 spiro atoms. The number of piperidine rings is 2. The molecule has 0 aromatic rings. The van der Waals surface area contributed by atoms with Gasteiger partial charge in [-0.25, -0.2) is 0 Å². The van der Waals surface area contributed by atoms with Gasteiger partial charge in [-0.3, -0.25) is 19.4 Å². The van der Waals surface area contributed by atoms with E-state index in [1.807, 2.05) is 0 Å². The van der Waals surface area contributed by atoms with Crippen molar-refractivity contribution in [1.82, 2.24) is 9.80 Å². The van der Waals surface area contributed by atoms with Crippen molar-refractivity contribution < 1.29 is 14.3 Å². The smallest absolute Gasteiger partial charge is 0.306 e. The summed E-state index contributed by atoms with van der Waals surface area (Å²) in [6.45, 7) is 18.4. The Morgan fingerprint density at radius 3 is 1.58 bits per heavy atom. The summed E-state index contributed by atoms with van der Waals surface area (Å²) in [5.74, 6) is 2.14. The Morgan fingerprint density at radius 1 is 0.658 bits per heavy atom. The Labute approximate surface area is 234 Å². The minimum absolute atomic E-state index is 0.0183. The third-order valence-corrected chi connectivity index (χ3v) is 10.8. The van der Waals surface area contributed by atoms with Crippen molar-refractivity contribution in [3.63, 3.8) is 0 Å². The predicted octanol–water partition coefficient (Wildman–Crippen LogP) is 7.41. The molecule has 3 aliphatic rings. The van der Waals surface area contributed by atoms with E-state index in [9.17, 15) is 9.59 Å². The Balaban J connectivity index is 1.24. The largest absolute Gasteiger partial charge is 0.462 e. The van der Waals surface area contributed by atoms with Crippen LogP contribution in [-0.2, 0) is 14.3 Å². The Morgan fingerprint density at radius 2 is 1.08 bits per heavy atom. The SMILES string of the molecule is CN1C(C)(C)CC(OC(=O)CCCCCCCCC(=O)C2CC2C2CC(C)(C)N(C)C(C)(C)C2)CC1(C)C. The zero-order valence-corrected chi connectivity index (χ0v) is 26.6. The molecule has 38 heavy (non-hydrogen) atoms. The first-order valence-electron chi connectivity index (χ1n) is 15.7. The van der Waals surface area contributed by atoms with E-state index in [2.05, 4.69) is 79.3 Å². The number of esters is 1. The molecule has 1 aliphatic carbocycles. The number of nitrogens with zero attached hydrogens (tertiary/aromatic N) is 2. The molecule has 0 radical (unpaired) electrons. The lowest BCUT2D eigenvalue weighted by molar-refractivity contribution is -0.159. The number of carbonyl (C=O) groups is 2. The fourth-order valence-electron chi connectivity index (χ4n) is 7.93. The average molecular weight is 533 g/mol. The Hall–Kier alpha value is -0.940. The van der Waals surface area contributed by atoms with Gasteiger partial charge in [0.05, 0.1) is 0 Å². The van der Waals surface area contributed by atoms with Crippen LogP contribution in [0.2, 0.25) is 0 Å². The van der Waals surface area contributed by atoms with Crippen LogP contribution in [0.25, 0.3) is 0 Å². The molecule has 3 rings (SSSR count). The van der Waals surface area contributed by atoms with Crippen LogP contribution in [0.5, 0.6) is 0 Å². The van der Waals surface area contributed by atoms with Gasteiger partial charge in [0.2, 0.25) is 0 Å². The van der Waals surface area contributed by atoms with Gasteiger partial charge >= 0.3 is 5.97 Å². The number of ether oxygens (including phenoxy) is 1. The van der Waals surface area contributed by atoms with Crippen LogP contribution in [0, 0.1) is 17.8 Å². The summed E-state index contributed by atoms with van der Waals surface area (Å²) in [5, 5.41) is 0. The van der Waals surface area contributed by atoms with Gasteiger partial charge in [-0.05, 0) is 113 Å². The average Bonchev–Trinajstić information content (AvgIpc) is 3.58. The summed E-state index contributed by atoms with van der Waals surface area (Å²) in [6.07, 6.45) is 13.1. The van der Waals surface area contributed by atoms with E-state index in [0.29, 0.717) is 30.0 Å². The minimum atomic E-state index is -0.0351. The number of unbranched alkanes of at least 4 members (excludes halogenated alkanes) is 5. The van der Waals surface area contributed by atoms with Crippen molar-refractivity contribution in [2.24, 2.45) is 17.8 Å². The third kappa shape index (κ3) is 7.83. The van der Waals surface area contributed by atoms with E-state index in [4.69, 9.17) is 4.74 Å². The second kappa shape index (κ2) is 11.9. The summed E-state index contributed by atoms with van der Waals surface area (Å²) in [4.78, 5) is 30.3. The van der Waals surface area contributed by atoms with E-state index in [1.165, 1.54) is 12.8 Å². The number of likely N-dealkylation sites (tertiary alicyclic amines) is 2. The van der Waals surface area contributed by atoms with Gasteiger partial charge in [-0.1, -0.05) is 25.7 Å². The number of rotatable bonds is 12. The zero-order chi connectivity index (χ0) is 28.5. The van der Waals surface area contributed by atoms with Gasteiger partial charge in [0, 0.05) is 53.8 Å². The number of carbonyl (C=O) groups excluding carboxylic acids is 2. The topological polar surface area (TPSA) is 49.9 Å². The van der Waals surface area contributed by atoms with Crippen LogP contribution in [0.1, 0.15) is 139 Å². The predicted molar refractivity (Wildman–Crippen MR) is 157 cm³/mol. The molecule has 220 valence electrons. The Bertz CT molecular complexity index is 794. The van der Waals surface area contributed by atoms with Crippen molar-refractivity contribution in [2.75, 3.05) is 14.1 Å². The quantitative estimate of drug-likeness (QED) is 0.193.